The van der Waals surface area contributed by atoms with E-state index in [1.165, 1.54) is 0 Å². The summed E-state index contributed by atoms with van der Waals surface area (Å²) in [5.74, 6) is 0.0898. The maximum Gasteiger partial charge on any atom is 0.266 e. The van der Waals surface area contributed by atoms with E-state index in [9.17, 15) is 9.59 Å². The summed E-state index contributed by atoms with van der Waals surface area (Å²) in [6, 6.07) is 1.93. The molecule has 5 nitrogen and oxygen atoms in total. The number of carbonyl (C=O) groups excluding carboxylic acids is 1. The molecule has 0 saturated carbocycles. The lowest BCUT2D eigenvalue weighted by Crippen LogP contribution is -2.28. The van der Waals surface area contributed by atoms with Crippen LogP contribution >= 0.6 is 0 Å². The Kier molecular flexibility index (Phi) is 6.16. The number of aryl methyl sites for hydroxylation is 1. The molecule has 0 fully saturated rings. The molecule has 21 heavy (non-hydrogen) atoms. The average molecular weight is 289 g/mol. The Bertz CT molecular complexity index is 611. The van der Waals surface area contributed by atoms with Crippen molar-refractivity contribution in [1.82, 2.24) is 9.88 Å². The van der Waals surface area contributed by atoms with Gasteiger partial charge in [-0.1, -0.05) is 13.3 Å². The first-order valence-corrected chi connectivity index (χ1v) is 7.28. The summed E-state index contributed by atoms with van der Waals surface area (Å²) < 4.78 is 0. The van der Waals surface area contributed by atoms with Gasteiger partial charge in [0.1, 0.15) is 11.6 Å². The Morgan fingerprint density at radius 2 is 2.05 bits per heavy atom. The van der Waals surface area contributed by atoms with Crippen molar-refractivity contribution in [2.75, 3.05) is 13.6 Å². The van der Waals surface area contributed by atoms with Crippen LogP contribution in [-0.2, 0) is 11.2 Å². The van der Waals surface area contributed by atoms with E-state index in [0.29, 0.717) is 18.4 Å². The number of aromatic nitrogens is 1. The van der Waals surface area contributed by atoms with Crippen molar-refractivity contribution >= 4 is 5.91 Å². The van der Waals surface area contributed by atoms with Gasteiger partial charge in [0, 0.05) is 25.7 Å². The van der Waals surface area contributed by atoms with E-state index in [1.54, 1.807) is 18.7 Å². The van der Waals surface area contributed by atoms with Crippen LogP contribution < -0.4 is 5.56 Å². The lowest BCUT2D eigenvalue weighted by molar-refractivity contribution is -0.129. The van der Waals surface area contributed by atoms with E-state index in [1.807, 2.05) is 13.1 Å². The van der Waals surface area contributed by atoms with Crippen LogP contribution in [0.3, 0.4) is 0 Å². The average Bonchev–Trinajstić information content (AvgIpc) is 2.44. The van der Waals surface area contributed by atoms with E-state index in [0.717, 1.165) is 30.6 Å². The van der Waals surface area contributed by atoms with Gasteiger partial charge in [-0.25, -0.2) is 0 Å². The molecule has 1 rings (SSSR count). The molecule has 0 saturated heterocycles. The molecule has 0 bridgehead atoms. The first kappa shape index (κ1) is 17.0. The van der Waals surface area contributed by atoms with Crippen molar-refractivity contribution in [3.8, 4) is 6.07 Å². The van der Waals surface area contributed by atoms with Crippen molar-refractivity contribution in [3.05, 3.63) is 32.7 Å². The number of H-pyrrole nitrogens is 1. The SMILES string of the molecule is CCCCN(C)C(=O)CCc1c(C)[nH]c(=O)c(C#N)c1C. The predicted octanol–water partition coefficient (Wildman–Crippen LogP) is 2.05. The summed E-state index contributed by atoms with van der Waals surface area (Å²) in [5, 5.41) is 9.03. The van der Waals surface area contributed by atoms with Crippen LogP contribution in [0.15, 0.2) is 4.79 Å². The Balaban J connectivity index is 2.83. The lowest BCUT2D eigenvalue weighted by Gasteiger charge is -2.17. The molecule has 0 radical (unpaired) electrons. The maximum atomic E-state index is 12.1. The number of unbranched alkanes of at least 4 members (excludes halogenated alkanes) is 1. The fraction of sp³-hybridized carbons (Fsp3) is 0.562. The van der Waals surface area contributed by atoms with Crippen molar-refractivity contribution in [1.29, 1.82) is 5.26 Å². The number of nitrogens with zero attached hydrogens (tertiary/aromatic N) is 2. The van der Waals surface area contributed by atoms with Gasteiger partial charge in [-0.15, -0.1) is 0 Å². The Morgan fingerprint density at radius 1 is 1.38 bits per heavy atom. The fourth-order valence-electron chi connectivity index (χ4n) is 2.36. The van der Waals surface area contributed by atoms with Crippen LogP contribution in [0.5, 0.6) is 0 Å². The minimum absolute atomic E-state index is 0.0898. The van der Waals surface area contributed by atoms with E-state index < -0.39 is 0 Å². The number of amides is 1. The number of nitrogens with one attached hydrogen (secondary N) is 1. The van der Waals surface area contributed by atoms with E-state index in [-0.39, 0.29) is 17.0 Å². The monoisotopic (exact) mass is 289 g/mol. The number of nitriles is 1. The van der Waals surface area contributed by atoms with Gasteiger partial charge in [0.25, 0.3) is 5.56 Å². The van der Waals surface area contributed by atoms with Crippen molar-refractivity contribution in [2.45, 2.75) is 46.5 Å². The molecule has 0 aliphatic heterocycles. The van der Waals surface area contributed by atoms with E-state index in [2.05, 4.69) is 11.9 Å². The molecule has 1 aromatic rings. The first-order chi connectivity index (χ1) is 9.92. The summed E-state index contributed by atoms with van der Waals surface area (Å²) in [5.41, 5.74) is 2.09. The summed E-state index contributed by atoms with van der Waals surface area (Å²) >= 11 is 0. The van der Waals surface area contributed by atoms with Crippen LogP contribution in [0.4, 0.5) is 0 Å². The van der Waals surface area contributed by atoms with Crippen LogP contribution in [0, 0.1) is 25.2 Å². The van der Waals surface area contributed by atoms with Crippen molar-refractivity contribution < 1.29 is 4.79 Å². The van der Waals surface area contributed by atoms with Gasteiger partial charge in [-0.2, -0.15) is 5.26 Å². The van der Waals surface area contributed by atoms with Crippen molar-refractivity contribution in [2.24, 2.45) is 0 Å². The molecular weight excluding hydrogens is 266 g/mol. The van der Waals surface area contributed by atoms with Gasteiger partial charge < -0.3 is 9.88 Å². The predicted molar refractivity (Wildman–Crippen MR) is 82.1 cm³/mol. The number of hydrogen-bond donors (Lipinski definition) is 1. The molecule has 0 atom stereocenters. The number of aromatic amines is 1. The topological polar surface area (TPSA) is 77.0 Å². The molecule has 0 aromatic carbocycles. The van der Waals surface area contributed by atoms with Crippen LogP contribution in [-0.4, -0.2) is 29.4 Å². The molecule has 1 aromatic heterocycles. The number of hydrogen-bond acceptors (Lipinski definition) is 3. The number of carbonyl (C=O) groups is 1. The normalized spacial score (nSPS) is 10.2. The quantitative estimate of drug-likeness (QED) is 0.870. The molecule has 114 valence electrons. The summed E-state index contributed by atoms with van der Waals surface area (Å²) in [7, 11) is 1.81. The summed E-state index contributed by atoms with van der Waals surface area (Å²) in [4.78, 5) is 28.1. The number of pyridine rings is 1. The van der Waals surface area contributed by atoms with Crippen LogP contribution in [0.25, 0.3) is 0 Å². The highest BCUT2D eigenvalue weighted by Gasteiger charge is 2.14. The van der Waals surface area contributed by atoms with E-state index >= 15 is 0 Å². The fourth-order valence-corrected chi connectivity index (χ4v) is 2.36. The highest BCUT2D eigenvalue weighted by Crippen LogP contribution is 2.15. The molecule has 0 aliphatic rings. The maximum absolute atomic E-state index is 12.1. The molecule has 1 amide bonds. The standard InChI is InChI=1S/C16H23N3O2/c1-5-6-9-19(4)15(20)8-7-13-11(2)14(10-17)16(21)18-12(13)3/h5-9H2,1-4H3,(H,18,21). The molecular formula is C16H23N3O2. The number of rotatable bonds is 6. The largest absolute Gasteiger partial charge is 0.346 e. The van der Waals surface area contributed by atoms with Gasteiger partial charge in [0.2, 0.25) is 5.91 Å². The zero-order chi connectivity index (χ0) is 16.0. The Hall–Kier alpha value is -2.09. The highest BCUT2D eigenvalue weighted by molar-refractivity contribution is 5.76. The van der Waals surface area contributed by atoms with Crippen LogP contribution in [0.2, 0.25) is 0 Å². The zero-order valence-electron chi connectivity index (χ0n) is 13.2. The molecule has 1 N–H and O–H groups in total. The molecule has 5 heteroatoms. The minimum Gasteiger partial charge on any atom is -0.346 e. The molecule has 0 spiro atoms. The third-order valence-electron chi connectivity index (χ3n) is 3.78. The summed E-state index contributed by atoms with van der Waals surface area (Å²) in [6.45, 7) is 6.43. The van der Waals surface area contributed by atoms with Gasteiger partial charge in [-0.3, -0.25) is 9.59 Å². The smallest absolute Gasteiger partial charge is 0.266 e. The van der Waals surface area contributed by atoms with Gasteiger partial charge in [-0.05, 0) is 37.8 Å². The zero-order valence-corrected chi connectivity index (χ0v) is 13.2. The van der Waals surface area contributed by atoms with Crippen LogP contribution in [0.1, 0.15) is 48.6 Å². The van der Waals surface area contributed by atoms with Gasteiger partial charge in [0.15, 0.2) is 0 Å². The third kappa shape index (κ3) is 4.19. The second kappa shape index (κ2) is 7.63. The molecule has 0 aliphatic carbocycles. The first-order valence-electron chi connectivity index (χ1n) is 7.28. The summed E-state index contributed by atoms with van der Waals surface area (Å²) in [6.07, 6.45) is 2.98. The second-order valence-corrected chi connectivity index (χ2v) is 5.34. The minimum atomic E-state index is -0.359. The Morgan fingerprint density at radius 3 is 2.62 bits per heavy atom. The van der Waals surface area contributed by atoms with Gasteiger partial charge >= 0.3 is 0 Å². The third-order valence-corrected chi connectivity index (χ3v) is 3.78. The molecule has 1 heterocycles. The molecule has 0 unspecified atom stereocenters. The second-order valence-electron chi connectivity index (χ2n) is 5.34. The van der Waals surface area contributed by atoms with E-state index in [4.69, 9.17) is 5.26 Å². The highest BCUT2D eigenvalue weighted by atomic mass is 16.2. The van der Waals surface area contributed by atoms with Gasteiger partial charge in [0.05, 0.1) is 0 Å². The Labute approximate surface area is 125 Å². The van der Waals surface area contributed by atoms with Crippen molar-refractivity contribution in [3.63, 3.8) is 0 Å². The lowest BCUT2D eigenvalue weighted by atomic mass is 9.99.